The summed E-state index contributed by atoms with van der Waals surface area (Å²) in [5.41, 5.74) is 1.83. The molecule has 0 saturated heterocycles. The molecule has 3 nitrogen and oxygen atoms in total. The van der Waals surface area contributed by atoms with Gasteiger partial charge in [0, 0.05) is 5.56 Å². The standard InChI is InChI=1S/C28H40O3/c1-2-3-4-5-6-7-8-9-10-11-12-13-14-15-23-16-21-26(27(30)22-23)28(31)24-17-19-25(29)20-18-24/h16-22,29-30H,2-15H2,1H3. The predicted molar refractivity (Wildman–Crippen MR) is 129 cm³/mol. The van der Waals surface area contributed by atoms with Crippen LogP contribution in [0.15, 0.2) is 42.5 Å². The number of hydrogen-bond donors (Lipinski definition) is 2. The molecule has 0 aliphatic heterocycles. The fourth-order valence-electron chi connectivity index (χ4n) is 4.04. The Labute approximate surface area is 188 Å². The molecule has 0 heterocycles. The number of phenols is 2. The van der Waals surface area contributed by atoms with Gasteiger partial charge >= 0.3 is 0 Å². The van der Waals surface area contributed by atoms with Gasteiger partial charge in [-0.25, -0.2) is 0 Å². The second-order valence-corrected chi connectivity index (χ2v) is 8.72. The Hall–Kier alpha value is -2.29. The predicted octanol–water partition coefficient (Wildman–Crippen LogP) is 7.96. The molecule has 0 fully saturated rings. The molecule has 0 spiro atoms. The number of benzene rings is 2. The molecular formula is C28H40O3. The Morgan fingerprint density at radius 2 is 1.19 bits per heavy atom. The van der Waals surface area contributed by atoms with Crippen LogP contribution in [-0.4, -0.2) is 16.0 Å². The van der Waals surface area contributed by atoms with Crippen molar-refractivity contribution in [1.82, 2.24) is 0 Å². The third-order valence-electron chi connectivity index (χ3n) is 6.01. The molecule has 0 aromatic heterocycles. The lowest BCUT2D eigenvalue weighted by molar-refractivity contribution is 0.103. The summed E-state index contributed by atoms with van der Waals surface area (Å²) >= 11 is 0. The highest BCUT2D eigenvalue weighted by molar-refractivity contribution is 6.10. The Kier molecular flexibility index (Phi) is 11.8. The molecule has 2 rings (SSSR count). The van der Waals surface area contributed by atoms with Crippen molar-refractivity contribution in [3.8, 4) is 11.5 Å². The van der Waals surface area contributed by atoms with E-state index in [1.165, 1.54) is 89.2 Å². The van der Waals surface area contributed by atoms with Gasteiger partial charge in [-0.3, -0.25) is 4.79 Å². The van der Waals surface area contributed by atoms with Crippen LogP contribution in [0.1, 0.15) is 112 Å². The molecule has 170 valence electrons. The maximum Gasteiger partial charge on any atom is 0.196 e. The molecule has 0 aliphatic rings. The molecule has 31 heavy (non-hydrogen) atoms. The number of carbonyl (C=O) groups excluding carboxylic acids is 1. The average molecular weight is 425 g/mol. The topological polar surface area (TPSA) is 57.5 Å². The summed E-state index contributed by atoms with van der Waals surface area (Å²) in [7, 11) is 0. The second kappa shape index (κ2) is 14.7. The first-order chi connectivity index (χ1) is 15.1. The van der Waals surface area contributed by atoms with Crippen LogP contribution >= 0.6 is 0 Å². The number of phenolic OH excluding ortho intramolecular Hbond substituents is 2. The zero-order chi connectivity index (χ0) is 22.3. The monoisotopic (exact) mass is 424 g/mol. The van der Waals surface area contributed by atoms with Crippen LogP contribution in [0.3, 0.4) is 0 Å². The number of unbranched alkanes of at least 4 members (excludes halogenated alkanes) is 12. The third-order valence-corrected chi connectivity index (χ3v) is 6.01. The Morgan fingerprint density at radius 3 is 1.71 bits per heavy atom. The van der Waals surface area contributed by atoms with Crippen molar-refractivity contribution in [3.05, 3.63) is 59.2 Å². The van der Waals surface area contributed by atoms with E-state index in [1.54, 1.807) is 24.3 Å². The highest BCUT2D eigenvalue weighted by atomic mass is 16.3. The minimum absolute atomic E-state index is 0.0327. The lowest BCUT2D eigenvalue weighted by Gasteiger charge is -2.08. The molecule has 0 saturated carbocycles. The fourth-order valence-corrected chi connectivity index (χ4v) is 4.04. The van der Waals surface area contributed by atoms with Gasteiger partial charge in [-0.2, -0.15) is 0 Å². The number of rotatable bonds is 16. The highest BCUT2D eigenvalue weighted by Crippen LogP contribution is 2.24. The van der Waals surface area contributed by atoms with E-state index < -0.39 is 0 Å². The van der Waals surface area contributed by atoms with Crippen LogP contribution in [0.5, 0.6) is 11.5 Å². The maximum absolute atomic E-state index is 12.5. The SMILES string of the molecule is CCCCCCCCCCCCCCCc1ccc(C(=O)c2ccc(O)cc2)c(O)c1. The van der Waals surface area contributed by atoms with E-state index in [4.69, 9.17) is 0 Å². The van der Waals surface area contributed by atoms with Crippen LogP contribution in [0, 0.1) is 0 Å². The van der Waals surface area contributed by atoms with Crippen LogP contribution in [0.25, 0.3) is 0 Å². The molecule has 3 heteroatoms. The van der Waals surface area contributed by atoms with Crippen molar-refractivity contribution in [2.24, 2.45) is 0 Å². The summed E-state index contributed by atoms with van der Waals surface area (Å²) in [6.07, 6.45) is 18.3. The van der Waals surface area contributed by atoms with Gasteiger partial charge in [-0.05, 0) is 54.8 Å². The molecule has 2 aromatic rings. The lowest BCUT2D eigenvalue weighted by atomic mass is 9.98. The molecule has 0 bridgehead atoms. The number of aryl methyl sites for hydroxylation is 1. The van der Waals surface area contributed by atoms with Crippen molar-refractivity contribution in [1.29, 1.82) is 0 Å². The third kappa shape index (κ3) is 9.59. The minimum Gasteiger partial charge on any atom is -0.508 e. The summed E-state index contributed by atoms with van der Waals surface area (Å²) in [6.45, 7) is 2.27. The quantitative estimate of drug-likeness (QED) is 0.212. The zero-order valence-corrected chi connectivity index (χ0v) is 19.2. The second-order valence-electron chi connectivity index (χ2n) is 8.72. The first-order valence-corrected chi connectivity index (χ1v) is 12.3. The summed E-state index contributed by atoms with van der Waals surface area (Å²) < 4.78 is 0. The van der Waals surface area contributed by atoms with E-state index in [9.17, 15) is 15.0 Å². The normalized spacial score (nSPS) is 11.0. The van der Waals surface area contributed by atoms with Crippen LogP contribution in [-0.2, 0) is 6.42 Å². The van der Waals surface area contributed by atoms with E-state index >= 15 is 0 Å². The maximum atomic E-state index is 12.5. The van der Waals surface area contributed by atoms with Crippen LogP contribution in [0.4, 0.5) is 0 Å². The van der Waals surface area contributed by atoms with E-state index in [1.807, 2.05) is 6.07 Å². The molecular weight excluding hydrogens is 384 g/mol. The Bertz CT molecular complexity index is 764. The minimum atomic E-state index is -0.231. The molecule has 0 aliphatic carbocycles. The van der Waals surface area contributed by atoms with Gasteiger partial charge in [-0.1, -0.05) is 90.0 Å². The van der Waals surface area contributed by atoms with Crippen LogP contribution < -0.4 is 0 Å². The highest BCUT2D eigenvalue weighted by Gasteiger charge is 2.14. The fraction of sp³-hybridized carbons (Fsp3) is 0.536. The summed E-state index contributed by atoms with van der Waals surface area (Å²) in [6, 6.07) is 11.5. The Morgan fingerprint density at radius 1 is 0.677 bits per heavy atom. The van der Waals surface area contributed by atoms with E-state index in [0.29, 0.717) is 11.1 Å². The largest absolute Gasteiger partial charge is 0.508 e. The van der Waals surface area contributed by atoms with Gasteiger partial charge in [-0.15, -0.1) is 0 Å². The van der Waals surface area contributed by atoms with Gasteiger partial charge in [0.2, 0.25) is 0 Å². The van der Waals surface area contributed by atoms with Gasteiger partial charge in [0.1, 0.15) is 11.5 Å². The molecule has 0 amide bonds. The molecule has 2 aromatic carbocycles. The molecule has 0 unspecified atom stereocenters. The summed E-state index contributed by atoms with van der Waals surface area (Å²) in [4.78, 5) is 12.5. The lowest BCUT2D eigenvalue weighted by Crippen LogP contribution is -2.02. The summed E-state index contributed by atoms with van der Waals surface area (Å²) in [5.74, 6) is -0.0794. The van der Waals surface area contributed by atoms with Crippen molar-refractivity contribution < 1.29 is 15.0 Å². The van der Waals surface area contributed by atoms with E-state index in [2.05, 4.69) is 6.92 Å². The zero-order valence-electron chi connectivity index (χ0n) is 19.2. The smallest absolute Gasteiger partial charge is 0.196 e. The number of carbonyl (C=O) groups is 1. The van der Waals surface area contributed by atoms with Crippen LogP contribution in [0.2, 0.25) is 0 Å². The van der Waals surface area contributed by atoms with Crippen molar-refractivity contribution in [3.63, 3.8) is 0 Å². The molecule has 2 N–H and O–H groups in total. The number of hydrogen-bond acceptors (Lipinski definition) is 3. The van der Waals surface area contributed by atoms with Crippen molar-refractivity contribution in [2.75, 3.05) is 0 Å². The van der Waals surface area contributed by atoms with Crippen molar-refractivity contribution in [2.45, 2.75) is 96.8 Å². The van der Waals surface area contributed by atoms with Gasteiger partial charge in [0.05, 0.1) is 5.56 Å². The van der Waals surface area contributed by atoms with E-state index in [0.717, 1.165) is 18.4 Å². The summed E-state index contributed by atoms with van der Waals surface area (Å²) in [5, 5.41) is 19.7. The Balaban J connectivity index is 1.58. The first-order valence-electron chi connectivity index (χ1n) is 12.3. The average Bonchev–Trinajstić information content (AvgIpc) is 2.77. The first kappa shape index (κ1) is 25.0. The number of ketones is 1. The van der Waals surface area contributed by atoms with Crippen molar-refractivity contribution >= 4 is 5.78 Å². The van der Waals surface area contributed by atoms with E-state index in [-0.39, 0.29) is 17.3 Å². The van der Waals surface area contributed by atoms with Gasteiger partial charge < -0.3 is 10.2 Å². The van der Waals surface area contributed by atoms with Gasteiger partial charge in [0.25, 0.3) is 0 Å². The van der Waals surface area contributed by atoms with Gasteiger partial charge in [0.15, 0.2) is 5.78 Å². The molecule has 0 atom stereocenters. The molecule has 0 radical (unpaired) electrons. The number of aromatic hydroxyl groups is 2.